The number of nitrogens with one attached hydrogen (secondary N) is 1. The molecular formula is C15H26N2O3S. The number of para-hydroxylation sites is 2. The van der Waals surface area contributed by atoms with Crippen LogP contribution in [0.15, 0.2) is 24.3 Å². The van der Waals surface area contributed by atoms with Crippen LogP contribution in [0.25, 0.3) is 0 Å². The molecule has 0 aliphatic rings. The Bertz CT molecular complexity index is 529. The molecule has 21 heavy (non-hydrogen) atoms. The van der Waals surface area contributed by atoms with Gasteiger partial charge in [0.25, 0.3) is 0 Å². The average molecular weight is 314 g/mol. The summed E-state index contributed by atoms with van der Waals surface area (Å²) < 4.78 is 32.0. The normalized spacial score (nSPS) is 13.3. The molecule has 0 saturated carbocycles. The third kappa shape index (κ3) is 7.34. The van der Waals surface area contributed by atoms with Gasteiger partial charge in [-0.25, -0.2) is 13.1 Å². The van der Waals surface area contributed by atoms with Crippen LogP contribution in [0.4, 0.5) is 5.69 Å². The Morgan fingerprint density at radius 1 is 1.19 bits per heavy atom. The van der Waals surface area contributed by atoms with Crippen LogP contribution in [0.5, 0.6) is 5.75 Å². The van der Waals surface area contributed by atoms with Crippen molar-refractivity contribution in [1.82, 2.24) is 4.72 Å². The zero-order chi connectivity index (χ0) is 15.9. The van der Waals surface area contributed by atoms with Gasteiger partial charge in [0.15, 0.2) is 0 Å². The fraction of sp³-hybridized carbons (Fsp3) is 0.600. The molecule has 0 radical (unpaired) electrons. The smallest absolute Gasteiger partial charge is 0.215 e. The van der Waals surface area contributed by atoms with Gasteiger partial charge in [0.2, 0.25) is 10.0 Å². The first-order valence-electron chi connectivity index (χ1n) is 7.27. The van der Waals surface area contributed by atoms with Gasteiger partial charge in [0.1, 0.15) is 12.4 Å². The Labute approximate surface area is 127 Å². The molecule has 0 aromatic heterocycles. The van der Waals surface area contributed by atoms with Crippen LogP contribution < -0.4 is 15.2 Å². The molecule has 120 valence electrons. The van der Waals surface area contributed by atoms with Crippen molar-refractivity contribution in [2.45, 2.75) is 39.7 Å². The maximum atomic E-state index is 11.9. The molecule has 6 heteroatoms. The van der Waals surface area contributed by atoms with E-state index in [-0.39, 0.29) is 18.4 Å². The number of anilines is 1. The van der Waals surface area contributed by atoms with E-state index in [1.165, 1.54) is 0 Å². The monoisotopic (exact) mass is 314 g/mol. The minimum absolute atomic E-state index is 0.0563. The summed E-state index contributed by atoms with van der Waals surface area (Å²) in [5.41, 5.74) is 6.24. The molecule has 3 N–H and O–H groups in total. The van der Waals surface area contributed by atoms with E-state index in [1.54, 1.807) is 24.3 Å². The zero-order valence-corrected chi connectivity index (χ0v) is 13.8. The molecule has 1 rings (SSSR count). The Kier molecular flexibility index (Phi) is 6.98. The summed E-state index contributed by atoms with van der Waals surface area (Å²) in [6.45, 7) is 6.22. The Morgan fingerprint density at radius 3 is 2.48 bits per heavy atom. The fourth-order valence-electron chi connectivity index (χ4n) is 1.88. The van der Waals surface area contributed by atoms with Gasteiger partial charge in [-0.15, -0.1) is 0 Å². The molecule has 1 aromatic rings. The van der Waals surface area contributed by atoms with Crippen LogP contribution >= 0.6 is 0 Å². The van der Waals surface area contributed by atoms with E-state index in [1.807, 2.05) is 6.92 Å². The molecule has 0 aliphatic heterocycles. The van der Waals surface area contributed by atoms with Gasteiger partial charge in [0, 0.05) is 6.04 Å². The lowest BCUT2D eigenvalue weighted by molar-refractivity contribution is 0.341. The molecule has 0 heterocycles. The fourth-order valence-corrected chi connectivity index (χ4v) is 3.03. The minimum Gasteiger partial charge on any atom is -0.490 e. The molecule has 0 amide bonds. The molecule has 0 saturated heterocycles. The number of rotatable bonds is 9. The number of hydrogen-bond acceptors (Lipinski definition) is 4. The Morgan fingerprint density at radius 2 is 1.86 bits per heavy atom. The summed E-state index contributed by atoms with van der Waals surface area (Å²) in [5, 5.41) is 0. The lowest BCUT2D eigenvalue weighted by Gasteiger charge is -2.15. The van der Waals surface area contributed by atoms with E-state index in [0.717, 1.165) is 12.8 Å². The predicted molar refractivity (Wildman–Crippen MR) is 86.8 cm³/mol. The lowest BCUT2D eigenvalue weighted by atomic mass is 10.1. The second kappa shape index (κ2) is 8.24. The second-order valence-corrected chi connectivity index (χ2v) is 7.57. The number of nitrogens with two attached hydrogens (primary N) is 1. The van der Waals surface area contributed by atoms with Gasteiger partial charge >= 0.3 is 0 Å². The molecule has 1 aromatic carbocycles. The topological polar surface area (TPSA) is 81.4 Å². The van der Waals surface area contributed by atoms with Gasteiger partial charge in [-0.1, -0.05) is 26.0 Å². The van der Waals surface area contributed by atoms with Gasteiger partial charge in [-0.3, -0.25) is 0 Å². The van der Waals surface area contributed by atoms with Crippen molar-refractivity contribution in [3.63, 3.8) is 0 Å². The number of hydrogen-bond donors (Lipinski definition) is 2. The lowest BCUT2D eigenvalue weighted by Crippen LogP contribution is -2.36. The number of benzene rings is 1. The maximum Gasteiger partial charge on any atom is 0.215 e. The van der Waals surface area contributed by atoms with Crippen molar-refractivity contribution >= 4 is 15.7 Å². The van der Waals surface area contributed by atoms with Crippen molar-refractivity contribution < 1.29 is 13.2 Å². The van der Waals surface area contributed by atoms with E-state index in [0.29, 0.717) is 17.4 Å². The summed E-state index contributed by atoms with van der Waals surface area (Å²) in [6.07, 6.45) is 1.84. The molecule has 0 fully saturated rings. The standard InChI is InChI=1S/C15H26N2O3S/c1-12(2)8-9-13(3)17-21(18,19)11-10-20-15-7-5-4-6-14(15)16/h4-7,12-13,17H,8-11,16H2,1-3H3. The number of nitrogen functional groups attached to an aromatic ring is 1. The highest BCUT2D eigenvalue weighted by Gasteiger charge is 2.15. The molecule has 5 nitrogen and oxygen atoms in total. The molecule has 0 bridgehead atoms. The number of sulfonamides is 1. The van der Waals surface area contributed by atoms with Gasteiger partial charge in [0.05, 0.1) is 11.4 Å². The second-order valence-electron chi connectivity index (χ2n) is 5.70. The summed E-state index contributed by atoms with van der Waals surface area (Å²) in [7, 11) is -3.33. The highest BCUT2D eigenvalue weighted by Crippen LogP contribution is 2.19. The molecular weight excluding hydrogens is 288 g/mol. The van der Waals surface area contributed by atoms with E-state index in [9.17, 15) is 8.42 Å². The summed E-state index contributed by atoms with van der Waals surface area (Å²) in [6, 6.07) is 6.99. The Balaban J connectivity index is 2.38. The summed E-state index contributed by atoms with van der Waals surface area (Å²) >= 11 is 0. The van der Waals surface area contributed by atoms with E-state index < -0.39 is 10.0 Å². The first kappa shape index (κ1) is 17.8. The van der Waals surface area contributed by atoms with E-state index >= 15 is 0 Å². The maximum absolute atomic E-state index is 11.9. The third-order valence-corrected chi connectivity index (χ3v) is 4.55. The van der Waals surface area contributed by atoms with Crippen LogP contribution in [0.3, 0.4) is 0 Å². The highest BCUT2D eigenvalue weighted by atomic mass is 32.2. The first-order chi connectivity index (χ1) is 9.80. The summed E-state index contributed by atoms with van der Waals surface area (Å²) in [4.78, 5) is 0. The average Bonchev–Trinajstić information content (AvgIpc) is 2.38. The molecule has 0 spiro atoms. The van der Waals surface area contributed by atoms with Gasteiger partial charge < -0.3 is 10.5 Å². The van der Waals surface area contributed by atoms with Crippen molar-refractivity contribution in [3.8, 4) is 5.75 Å². The van der Waals surface area contributed by atoms with Crippen LogP contribution in [0.2, 0.25) is 0 Å². The van der Waals surface area contributed by atoms with E-state index in [2.05, 4.69) is 18.6 Å². The van der Waals surface area contributed by atoms with Gasteiger partial charge in [-0.2, -0.15) is 0 Å². The molecule has 1 unspecified atom stereocenters. The summed E-state index contributed by atoms with van der Waals surface area (Å²) in [5.74, 6) is 1.01. The van der Waals surface area contributed by atoms with Crippen LogP contribution in [-0.2, 0) is 10.0 Å². The quantitative estimate of drug-likeness (QED) is 0.686. The highest BCUT2D eigenvalue weighted by molar-refractivity contribution is 7.89. The molecule has 1 atom stereocenters. The van der Waals surface area contributed by atoms with Crippen LogP contribution in [0, 0.1) is 5.92 Å². The van der Waals surface area contributed by atoms with Crippen LogP contribution in [-0.4, -0.2) is 26.8 Å². The minimum atomic E-state index is -3.33. The van der Waals surface area contributed by atoms with E-state index in [4.69, 9.17) is 10.5 Å². The SMILES string of the molecule is CC(C)CCC(C)NS(=O)(=O)CCOc1ccccc1N. The van der Waals surface area contributed by atoms with Crippen molar-refractivity contribution in [3.05, 3.63) is 24.3 Å². The predicted octanol–water partition coefficient (Wildman–Crippen LogP) is 2.39. The molecule has 0 aliphatic carbocycles. The van der Waals surface area contributed by atoms with Crippen molar-refractivity contribution in [2.24, 2.45) is 5.92 Å². The van der Waals surface area contributed by atoms with Crippen molar-refractivity contribution in [2.75, 3.05) is 18.1 Å². The largest absolute Gasteiger partial charge is 0.490 e. The van der Waals surface area contributed by atoms with Crippen molar-refractivity contribution in [1.29, 1.82) is 0 Å². The van der Waals surface area contributed by atoms with Gasteiger partial charge in [-0.05, 0) is 37.8 Å². The number of ether oxygens (including phenoxy) is 1. The zero-order valence-electron chi connectivity index (χ0n) is 13.0. The Hall–Kier alpha value is -1.27. The first-order valence-corrected chi connectivity index (χ1v) is 8.92. The van der Waals surface area contributed by atoms with Crippen LogP contribution in [0.1, 0.15) is 33.6 Å². The third-order valence-electron chi connectivity index (χ3n) is 3.09.